The first-order valence-corrected chi connectivity index (χ1v) is 6.63. The van der Waals surface area contributed by atoms with Crippen LogP contribution in [0.3, 0.4) is 0 Å². The van der Waals surface area contributed by atoms with E-state index in [4.69, 9.17) is 0 Å². The minimum atomic E-state index is -4.04. The van der Waals surface area contributed by atoms with E-state index in [2.05, 4.69) is 15.2 Å². The molecule has 0 saturated carbocycles. The molecule has 0 atom stereocenters. The van der Waals surface area contributed by atoms with E-state index in [0.717, 1.165) is 25.6 Å². The van der Waals surface area contributed by atoms with Crippen LogP contribution in [-0.2, 0) is 0 Å². The van der Waals surface area contributed by atoms with Gasteiger partial charge in [-0.05, 0) is 32.6 Å². The van der Waals surface area contributed by atoms with Crippen LogP contribution in [0.15, 0.2) is 4.99 Å². The van der Waals surface area contributed by atoms with Crippen molar-refractivity contribution in [1.82, 2.24) is 10.2 Å². The number of nitrogens with one attached hydrogen (secondary N) is 1. The van der Waals surface area contributed by atoms with Crippen LogP contribution in [0.4, 0.5) is 13.2 Å². The number of guanidine groups is 1. The molecule has 18 heavy (non-hydrogen) atoms. The quantitative estimate of drug-likeness (QED) is 0.470. The Kier molecular flexibility index (Phi) is 6.29. The summed E-state index contributed by atoms with van der Waals surface area (Å²) in [6.45, 7) is 5.24. The molecule has 0 aromatic carbocycles. The first-order valence-electron chi connectivity index (χ1n) is 6.63. The highest BCUT2D eigenvalue weighted by atomic mass is 19.4. The third kappa shape index (κ3) is 6.12. The van der Waals surface area contributed by atoms with E-state index in [1.165, 1.54) is 12.8 Å². The summed E-state index contributed by atoms with van der Waals surface area (Å²) in [6.07, 6.45) is -1.77. The SMILES string of the molecule is CCNC(=NCCCCC(F)(F)F)N1CCCC1. The van der Waals surface area contributed by atoms with E-state index >= 15 is 0 Å². The number of unbranched alkanes of at least 4 members (excludes halogenated alkanes) is 1. The zero-order valence-electron chi connectivity index (χ0n) is 10.9. The van der Waals surface area contributed by atoms with Gasteiger partial charge < -0.3 is 10.2 Å². The molecule has 1 saturated heterocycles. The minimum absolute atomic E-state index is 0.159. The predicted octanol–water partition coefficient (Wildman–Crippen LogP) is 2.78. The van der Waals surface area contributed by atoms with Gasteiger partial charge in [0.05, 0.1) is 0 Å². The zero-order chi connectivity index (χ0) is 13.4. The number of hydrogen-bond donors (Lipinski definition) is 1. The molecule has 1 heterocycles. The van der Waals surface area contributed by atoms with Crippen molar-refractivity contribution in [3.8, 4) is 0 Å². The third-order valence-corrected chi connectivity index (χ3v) is 2.87. The van der Waals surface area contributed by atoms with Crippen molar-refractivity contribution in [2.24, 2.45) is 4.99 Å². The number of likely N-dealkylation sites (tertiary alicyclic amines) is 1. The van der Waals surface area contributed by atoms with E-state index in [-0.39, 0.29) is 6.42 Å². The van der Waals surface area contributed by atoms with Crippen LogP contribution < -0.4 is 5.32 Å². The zero-order valence-corrected chi connectivity index (χ0v) is 10.9. The molecular weight excluding hydrogens is 243 g/mol. The van der Waals surface area contributed by atoms with Gasteiger partial charge in [-0.3, -0.25) is 4.99 Å². The second kappa shape index (κ2) is 7.48. The molecule has 1 fully saturated rings. The van der Waals surface area contributed by atoms with Gasteiger partial charge in [-0.1, -0.05) is 0 Å². The standard InChI is InChI=1S/C12H22F3N3/c1-2-16-11(18-9-5-6-10-18)17-8-4-3-7-12(13,14)15/h2-10H2,1H3,(H,16,17). The smallest absolute Gasteiger partial charge is 0.357 e. The van der Waals surface area contributed by atoms with Crippen molar-refractivity contribution >= 4 is 5.96 Å². The lowest BCUT2D eigenvalue weighted by Crippen LogP contribution is -2.39. The molecule has 106 valence electrons. The molecule has 0 amide bonds. The molecule has 1 N–H and O–H groups in total. The van der Waals surface area contributed by atoms with Gasteiger partial charge in [0.2, 0.25) is 0 Å². The molecule has 3 nitrogen and oxygen atoms in total. The molecule has 0 radical (unpaired) electrons. The average Bonchev–Trinajstić information content (AvgIpc) is 2.79. The summed E-state index contributed by atoms with van der Waals surface area (Å²) in [6, 6.07) is 0. The van der Waals surface area contributed by atoms with Crippen molar-refractivity contribution in [2.75, 3.05) is 26.2 Å². The summed E-state index contributed by atoms with van der Waals surface area (Å²) < 4.78 is 35.9. The van der Waals surface area contributed by atoms with Gasteiger partial charge in [0.1, 0.15) is 0 Å². The molecule has 1 rings (SSSR count). The normalized spacial score (nSPS) is 17.3. The van der Waals surface area contributed by atoms with Crippen molar-refractivity contribution < 1.29 is 13.2 Å². The Morgan fingerprint density at radius 1 is 1.22 bits per heavy atom. The molecule has 0 aromatic rings. The maximum atomic E-state index is 12.0. The summed E-state index contributed by atoms with van der Waals surface area (Å²) in [4.78, 5) is 6.55. The Balaban J connectivity index is 2.27. The molecule has 0 unspecified atom stereocenters. The van der Waals surface area contributed by atoms with Crippen LogP contribution in [-0.4, -0.2) is 43.2 Å². The minimum Gasteiger partial charge on any atom is -0.357 e. The van der Waals surface area contributed by atoms with Gasteiger partial charge in [0.25, 0.3) is 0 Å². The first kappa shape index (κ1) is 15.1. The molecule has 1 aliphatic rings. The molecule has 0 spiro atoms. The molecule has 1 aliphatic heterocycles. The van der Waals surface area contributed by atoms with Crippen LogP contribution >= 0.6 is 0 Å². The van der Waals surface area contributed by atoms with E-state index < -0.39 is 12.6 Å². The Hall–Kier alpha value is -0.940. The summed E-state index contributed by atoms with van der Waals surface area (Å²) >= 11 is 0. The fourth-order valence-corrected chi connectivity index (χ4v) is 1.98. The Morgan fingerprint density at radius 3 is 2.44 bits per heavy atom. The number of alkyl halides is 3. The Labute approximate surface area is 106 Å². The maximum Gasteiger partial charge on any atom is 0.389 e. The summed E-state index contributed by atoms with van der Waals surface area (Å²) in [7, 11) is 0. The van der Waals surface area contributed by atoms with E-state index in [1.54, 1.807) is 0 Å². The number of halogens is 3. The summed E-state index contributed by atoms with van der Waals surface area (Å²) in [5.41, 5.74) is 0. The van der Waals surface area contributed by atoms with Crippen LogP contribution in [0.5, 0.6) is 0 Å². The Bertz CT molecular complexity index is 258. The number of rotatable bonds is 5. The van der Waals surface area contributed by atoms with Gasteiger partial charge in [-0.25, -0.2) is 0 Å². The van der Waals surface area contributed by atoms with E-state index in [1.807, 2.05) is 6.92 Å². The number of nitrogens with zero attached hydrogens (tertiary/aromatic N) is 2. The highest BCUT2D eigenvalue weighted by Crippen LogP contribution is 2.22. The molecule has 0 bridgehead atoms. The van der Waals surface area contributed by atoms with Crippen molar-refractivity contribution in [1.29, 1.82) is 0 Å². The van der Waals surface area contributed by atoms with E-state index in [0.29, 0.717) is 13.0 Å². The highest BCUT2D eigenvalue weighted by molar-refractivity contribution is 5.80. The van der Waals surface area contributed by atoms with Crippen molar-refractivity contribution in [3.63, 3.8) is 0 Å². The van der Waals surface area contributed by atoms with Gasteiger partial charge >= 0.3 is 6.18 Å². The largest absolute Gasteiger partial charge is 0.389 e. The van der Waals surface area contributed by atoms with Gasteiger partial charge in [-0.2, -0.15) is 13.2 Å². The third-order valence-electron chi connectivity index (χ3n) is 2.87. The molecule has 0 aromatic heterocycles. The summed E-state index contributed by atoms with van der Waals surface area (Å²) in [5, 5.41) is 3.19. The second-order valence-electron chi connectivity index (χ2n) is 4.50. The fraction of sp³-hybridized carbons (Fsp3) is 0.917. The number of aliphatic imine (C=N–C) groups is 1. The first-order chi connectivity index (χ1) is 8.53. The Morgan fingerprint density at radius 2 is 1.89 bits per heavy atom. The fourth-order valence-electron chi connectivity index (χ4n) is 1.98. The molecule has 0 aliphatic carbocycles. The van der Waals surface area contributed by atoms with Crippen LogP contribution in [0, 0.1) is 0 Å². The van der Waals surface area contributed by atoms with Gasteiger partial charge in [0, 0.05) is 32.6 Å². The second-order valence-corrected chi connectivity index (χ2v) is 4.50. The lowest BCUT2D eigenvalue weighted by molar-refractivity contribution is -0.135. The van der Waals surface area contributed by atoms with Crippen molar-refractivity contribution in [3.05, 3.63) is 0 Å². The molecule has 6 heteroatoms. The van der Waals surface area contributed by atoms with Crippen molar-refractivity contribution in [2.45, 2.75) is 45.2 Å². The van der Waals surface area contributed by atoms with Crippen LogP contribution in [0.1, 0.15) is 39.0 Å². The van der Waals surface area contributed by atoms with Crippen LogP contribution in [0.25, 0.3) is 0 Å². The topological polar surface area (TPSA) is 27.6 Å². The predicted molar refractivity (Wildman–Crippen MR) is 66.7 cm³/mol. The van der Waals surface area contributed by atoms with Gasteiger partial charge in [0.15, 0.2) is 5.96 Å². The molecular formula is C12H22F3N3. The van der Waals surface area contributed by atoms with E-state index in [9.17, 15) is 13.2 Å². The summed E-state index contributed by atoms with van der Waals surface area (Å²) in [5.74, 6) is 0.849. The van der Waals surface area contributed by atoms with Gasteiger partial charge in [-0.15, -0.1) is 0 Å². The maximum absolute atomic E-state index is 12.0. The average molecular weight is 265 g/mol. The number of hydrogen-bond acceptors (Lipinski definition) is 1. The monoisotopic (exact) mass is 265 g/mol. The van der Waals surface area contributed by atoms with Crippen LogP contribution in [0.2, 0.25) is 0 Å². The lowest BCUT2D eigenvalue weighted by atomic mass is 10.2. The highest BCUT2D eigenvalue weighted by Gasteiger charge is 2.25. The lowest BCUT2D eigenvalue weighted by Gasteiger charge is -2.20.